The Balaban J connectivity index is 1.76. The number of anilines is 1. The maximum absolute atomic E-state index is 12.5. The second-order valence-electron chi connectivity index (χ2n) is 6.63. The molecule has 0 aliphatic carbocycles. The molecule has 5 heteroatoms. The van der Waals surface area contributed by atoms with Gasteiger partial charge in [-0.1, -0.05) is 36.4 Å². The lowest BCUT2D eigenvalue weighted by Crippen LogP contribution is -2.22. The number of rotatable bonds is 6. The molecule has 0 spiro atoms. The summed E-state index contributed by atoms with van der Waals surface area (Å²) >= 11 is 1.70. The lowest BCUT2D eigenvalue weighted by molar-refractivity contribution is -0.116. The molecule has 2 aromatic carbocycles. The van der Waals surface area contributed by atoms with E-state index in [2.05, 4.69) is 22.8 Å². The van der Waals surface area contributed by atoms with E-state index in [-0.39, 0.29) is 11.8 Å². The Morgan fingerprint density at radius 1 is 1.04 bits per heavy atom. The monoisotopic (exact) mass is 393 g/mol. The van der Waals surface area contributed by atoms with Gasteiger partial charge in [-0.2, -0.15) is 0 Å². The number of hydrogen-bond acceptors (Lipinski definition) is 4. The minimum atomic E-state index is 0.0149. The van der Waals surface area contributed by atoms with Gasteiger partial charge in [-0.25, -0.2) is 0 Å². The van der Waals surface area contributed by atoms with E-state index in [1.807, 2.05) is 50.2 Å². The minimum absolute atomic E-state index is 0.0149. The highest BCUT2D eigenvalue weighted by atomic mass is 32.1. The van der Waals surface area contributed by atoms with E-state index in [0.29, 0.717) is 19.6 Å². The summed E-state index contributed by atoms with van der Waals surface area (Å²) in [4.78, 5) is 13.7. The molecular weight excluding hydrogens is 370 g/mol. The van der Waals surface area contributed by atoms with Crippen LogP contribution in [0.4, 0.5) is 5.69 Å². The van der Waals surface area contributed by atoms with Gasteiger partial charge in [-0.05, 0) is 37.1 Å². The molecule has 144 valence electrons. The number of carbonyl (C=O) groups excluding carboxylic acids is 1. The van der Waals surface area contributed by atoms with Crippen LogP contribution in [0.3, 0.4) is 0 Å². The molecule has 0 unspecified atom stereocenters. The highest BCUT2D eigenvalue weighted by molar-refractivity contribution is 7.11. The van der Waals surface area contributed by atoms with Crippen LogP contribution in [-0.2, 0) is 4.79 Å². The molecule has 28 heavy (non-hydrogen) atoms. The maximum Gasteiger partial charge on any atom is 0.225 e. The zero-order chi connectivity index (χ0) is 19.5. The number of fused-ring (bicyclic) bond motifs is 1. The van der Waals surface area contributed by atoms with Gasteiger partial charge >= 0.3 is 0 Å². The number of hydrogen-bond donors (Lipinski definition) is 1. The molecule has 0 radical (unpaired) electrons. The van der Waals surface area contributed by atoms with Crippen LogP contribution < -0.4 is 14.8 Å². The van der Waals surface area contributed by atoms with Crippen molar-refractivity contribution in [3.63, 3.8) is 0 Å². The Labute approximate surface area is 169 Å². The summed E-state index contributed by atoms with van der Waals surface area (Å²) in [6.07, 6.45) is 0.432. The van der Waals surface area contributed by atoms with Crippen molar-refractivity contribution in [2.75, 3.05) is 18.5 Å². The average Bonchev–Trinajstić information content (AvgIpc) is 3.13. The summed E-state index contributed by atoms with van der Waals surface area (Å²) in [5, 5.41) is 5.23. The Morgan fingerprint density at radius 3 is 2.54 bits per heavy atom. The fourth-order valence-electron chi connectivity index (χ4n) is 3.61. The van der Waals surface area contributed by atoms with Crippen molar-refractivity contribution in [1.82, 2.24) is 0 Å². The van der Waals surface area contributed by atoms with Gasteiger partial charge in [0.25, 0.3) is 0 Å². The second-order valence-corrected chi connectivity index (χ2v) is 7.54. The van der Waals surface area contributed by atoms with Gasteiger partial charge in [-0.15, -0.1) is 11.3 Å². The summed E-state index contributed by atoms with van der Waals surface area (Å²) in [6.45, 7) is 5.07. The van der Waals surface area contributed by atoms with Crippen LogP contribution in [-0.4, -0.2) is 19.1 Å². The zero-order valence-corrected chi connectivity index (χ0v) is 16.8. The molecule has 1 aromatic heterocycles. The van der Waals surface area contributed by atoms with E-state index in [9.17, 15) is 4.79 Å². The normalized spacial score (nSPS) is 15.6. The van der Waals surface area contributed by atoms with E-state index >= 15 is 0 Å². The zero-order valence-electron chi connectivity index (χ0n) is 16.0. The van der Waals surface area contributed by atoms with Crippen LogP contribution >= 0.6 is 11.3 Å². The van der Waals surface area contributed by atoms with Crippen molar-refractivity contribution in [2.24, 2.45) is 0 Å². The Bertz CT molecular complexity index is 981. The van der Waals surface area contributed by atoms with E-state index in [4.69, 9.17) is 9.47 Å². The first kappa shape index (κ1) is 18.6. The highest BCUT2D eigenvalue weighted by Gasteiger charge is 2.31. The number of carbonyl (C=O) groups is 1. The maximum atomic E-state index is 12.5. The van der Waals surface area contributed by atoms with E-state index in [1.54, 1.807) is 11.3 Å². The van der Waals surface area contributed by atoms with E-state index < -0.39 is 0 Å². The Kier molecular flexibility index (Phi) is 5.35. The first-order valence-corrected chi connectivity index (χ1v) is 10.4. The second kappa shape index (κ2) is 8.07. The summed E-state index contributed by atoms with van der Waals surface area (Å²) in [7, 11) is 0. The van der Waals surface area contributed by atoms with Crippen LogP contribution in [0.1, 0.15) is 36.6 Å². The highest BCUT2D eigenvalue weighted by Crippen LogP contribution is 2.47. The van der Waals surface area contributed by atoms with Crippen LogP contribution in [0.5, 0.6) is 11.5 Å². The molecule has 1 aliphatic heterocycles. The molecule has 1 amide bonds. The number of amides is 1. The SMILES string of the molecule is CCOc1ccc([C@@H]2CC(=O)Nc3c(-c4ccccc4)csc32)cc1OCC. The molecular formula is C23H23NO3S. The van der Waals surface area contributed by atoms with Gasteiger partial charge in [-0.3, -0.25) is 4.79 Å². The van der Waals surface area contributed by atoms with Gasteiger partial charge in [0.1, 0.15) is 0 Å². The third-order valence-electron chi connectivity index (χ3n) is 4.84. The largest absolute Gasteiger partial charge is 0.490 e. The van der Waals surface area contributed by atoms with Gasteiger partial charge in [0.2, 0.25) is 5.91 Å². The van der Waals surface area contributed by atoms with Gasteiger partial charge < -0.3 is 14.8 Å². The predicted molar refractivity (Wildman–Crippen MR) is 114 cm³/mol. The summed E-state index contributed by atoms with van der Waals surface area (Å²) < 4.78 is 11.5. The van der Waals surface area contributed by atoms with Crippen LogP contribution in [0.25, 0.3) is 11.1 Å². The molecule has 0 saturated heterocycles. The standard InChI is InChI=1S/C23H23NO3S/c1-3-26-19-11-10-16(12-20(19)27-4-2)17-13-21(25)24-22-18(14-28-23(17)22)15-8-6-5-7-9-15/h5-12,14,17H,3-4,13H2,1-2H3,(H,24,25)/t17-/m0/s1. The van der Waals surface area contributed by atoms with E-state index in [0.717, 1.165) is 33.9 Å². The fraction of sp³-hybridized carbons (Fsp3) is 0.261. The number of nitrogens with one attached hydrogen (secondary N) is 1. The molecule has 4 nitrogen and oxygen atoms in total. The summed E-state index contributed by atoms with van der Waals surface area (Å²) in [5.74, 6) is 1.53. The molecule has 0 saturated carbocycles. The number of ether oxygens (including phenoxy) is 2. The summed E-state index contributed by atoms with van der Waals surface area (Å²) in [6, 6.07) is 16.2. The molecule has 0 fully saturated rings. The van der Waals surface area contributed by atoms with Crippen LogP contribution in [0.2, 0.25) is 0 Å². The summed E-state index contributed by atoms with van der Waals surface area (Å²) in [5.41, 5.74) is 4.20. The van der Waals surface area contributed by atoms with Gasteiger partial charge in [0.15, 0.2) is 11.5 Å². The average molecular weight is 394 g/mol. The molecule has 4 rings (SSSR count). The first-order chi connectivity index (χ1) is 13.7. The van der Waals surface area contributed by atoms with Crippen molar-refractivity contribution < 1.29 is 14.3 Å². The minimum Gasteiger partial charge on any atom is -0.490 e. The first-order valence-electron chi connectivity index (χ1n) is 9.57. The topological polar surface area (TPSA) is 47.6 Å². The van der Waals surface area contributed by atoms with Crippen molar-refractivity contribution in [3.05, 3.63) is 64.4 Å². The van der Waals surface area contributed by atoms with E-state index in [1.165, 1.54) is 4.88 Å². The fourth-order valence-corrected chi connectivity index (χ4v) is 4.77. The Hall–Kier alpha value is -2.79. The van der Waals surface area contributed by atoms with Crippen molar-refractivity contribution in [3.8, 4) is 22.6 Å². The van der Waals surface area contributed by atoms with Crippen LogP contribution in [0.15, 0.2) is 53.9 Å². The number of thiophene rings is 1. The van der Waals surface area contributed by atoms with Crippen molar-refractivity contribution in [1.29, 1.82) is 0 Å². The van der Waals surface area contributed by atoms with Gasteiger partial charge in [0.05, 0.1) is 18.9 Å². The molecule has 2 heterocycles. The quantitative estimate of drug-likeness (QED) is 0.585. The third kappa shape index (κ3) is 3.50. The molecule has 0 bridgehead atoms. The van der Waals surface area contributed by atoms with Gasteiger partial charge in [0, 0.05) is 28.2 Å². The van der Waals surface area contributed by atoms with Crippen LogP contribution in [0, 0.1) is 0 Å². The van der Waals surface area contributed by atoms with Crippen molar-refractivity contribution in [2.45, 2.75) is 26.2 Å². The predicted octanol–water partition coefficient (Wildman–Crippen LogP) is 5.69. The van der Waals surface area contributed by atoms with Crippen molar-refractivity contribution >= 4 is 22.9 Å². The third-order valence-corrected chi connectivity index (χ3v) is 5.94. The lowest BCUT2D eigenvalue weighted by Gasteiger charge is -2.24. The lowest BCUT2D eigenvalue weighted by atomic mass is 9.89. The molecule has 1 atom stereocenters. The molecule has 1 aliphatic rings. The smallest absolute Gasteiger partial charge is 0.225 e. The molecule has 3 aromatic rings. The molecule has 1 N–H and O–H groups in total. The Morgan fingerprint density at radius 2 is 1.79 bits per heavy atom. The number of benzene rings is 2.